The van der Waals surface area contributed by atoms with Crippen LogP contribution < -0.4 is 9.80 Å². The van der Waals surface area contributed by atoms with Crippen molar-refractivity contribution in [3.8, 4) is 0 Å². The fraction of sp³-hybridized carbons (Fsp3) is 0.444. The number of hydrogen-bond acceptors (Lipinski definition) is 7. The van der Waals surface area contributed by atoms with E-state index in [2.05, 4.69) is 34.2 Å². The zero-order chi connectivity index (χ0) is 26.7. The molecule has 2 atom stereocenters. The van der Waals surface area contributed by atoms with Gasteiger partial charge in [-0.1, -0.05) is 42.1 Å². The van der Waals surface area contributed by atoms with Crippen molar-refractivity contribution >= 4 is 50.0 Å². The molecule has 0 saturated carbocycles. The maximum atomic E-state index is 12.3. The third kappa shape index (κ3) is 6.39. The lowest BCUT2D eigenvalue weighted by Crippen LogP contribution is -2.38. The van der Waals surface area contributed by atoms with Gasteiger partial charge in [0.25, 0.3) is 5.91 Å². The number of carboxylic acid groups (broad SMARTS) is 1. The molecule has 0 spiro atoms. The summed E-state index contributed by atoms with van der Waals surface area (Å²) in [7, 11) is -3.18. The number of nitrogens with zero attached hydrogens (tertiary/aromatic N) is 3. The predicted octanol–water partition coefficient (Wildman–Crippen LogP) is 2.85. The van der Waals surface area contributed by atoms with Crippen LogP contribution in [0.3, 0.4) is 0 Å². The number of benzene rings is 2. The van der Waals surface area contributed by atoms with E-state index in [1.54, 1.807) is 0 Å². The number of carbonyl (C=O) groups excluding carboxylic acids is 1. The van der Waals surface area contributed by atoms with Crippen molar-refractivity contribution in [3.05, 3.63) is 60.2 Å². The van der Waals surface area contributed by atoms with Gasteiger partial charge in [0.05, 0.1) is 17.5 Å². The molecule has 0 unspecified atom stereocenters. The van der Waals surface area contributed by atoms with E-state index in [0.29, 0.717) is 11.1 Å². The summed E-state index contributed by atoms with van der Waals surface area (Å²) in [6.07, 6.45) is 3.36. The van der Waals surface area contributed by atoms with Gasteiger partial charge in [-0.3, -0.25) is 4.79 Å². The number of rotatable bonds is 8. The number of carboxylic acids is 1. The zero-order valence-electron chi connectivity index (χ0n) is 20.9. The van der Waals surface area contributed by atoms with Crippen LogP contribution in [0.5, 0.6) is 0 Å². The summed E-state index contributed by atoms with van der Waals surface area (Å²) in [5.41, 5.74) is 3.28. The molecule has 0 aliphatic carbocycles. The van der Waals surface area contributed by atoms with E-state index in [-0.39, 0.29) is 22.8 Å². The molecule has 0 bridgehead atoms. The number of ether oxygens (including phenoxy) is 1. The summed E-state index contributed by atoms with van der Waals surface area (Å²) in [5, 5.41) is 8.92. The molecule has 3 aliphatic rings. The molecule has 38 heavy (non-hydrogen) atoms. The smallest absolute Gasteiger partial charge is 0.329 e. The Hall–Kier alpha value is -2.89. The summed E-state index contributed by atoms with van der Waals surface area (Å²) in [4.78, 5) is 31.4. The number of carbonyl (C=O) groups is 2. The van der Waals surface area contributed by atoms with E-state index in [0.717, 1.165) is 43.7 Å². The second-order valence-corrected chi connectivity index (χ2v) is 13.3. The first-order valence-electron chi connectivity index (χ1n) is 12.7. The summed E-state index contributed by atoms with van der Waals surface area (Å²) in [6, 6.07) is 18.3. The van der Waals surface area contributed by atoms with Gasteiger partial charge in [0, 0.05) is 29.7 Å². The van der Waals surface area contributed by atoms with E-state index in [1.807, 2.05) is 35.2 Å². The van der Waals surface area contributed by atoms with E-state index in [4.69, 9.17) is 9.84 Å². The van der Waals surface area contributed by atoms with E-state index in [1.165, 1.54) is 17.3 Å². The summed E-state index contributed by atoms with van der Waals surface area (Å²) in [6.45, 7) is 0.937. The highest BCUT2D eigenvalue weighted by Gasteiger charge is 2.49. The fourth-order valence-electron chi connectivity index (χ4n) is 5.40. The second-order valence-electron chi connectivity index (χ2n) is 9.98. The van der Waals surface area contributed by atoms with Gasteiger partial charge in [-0.15, -0.1) is 0 Å². The van der Waals surface area contributed by atoms with Crippen molar-refractivity contribution in [1.82, 2.24) is 0 Å². The number of fused-ring (bicyclic) bond motifs is 1. The Bertz CT molecular complexity index is 1290. The molecule has 202 valence electrons. The Kier molecular flexibility index (Phi) is 8.06. The second kappa shape index (κ2) is 11.5. The molecule has 2 aromatic rings. The molecule has 1 N–H and O–H groups in total. The third-order valence-corrected chi connectivity index (χ3v) is 10.4. The van der Waals surface area contributed by atoms with Crippen LogP contribution >= 0.6 is 11.8 Å². The average molecular weight is 558 g/mol. The molecule has 3 fully saturated rings. The molecule has 3 saturated heterocycles. The lowest BCUT2D eigenvalue weighted by Gasteiger charge is -2.34. The number of anilines is 2. The molecular weight excluding hydrogens is 526 g/mol. The highest BCUT2D eigenvalue weighted by molar-refractivity contribution is 8.16. The first-order chi connectivity index (χ1) is 18.3. The van der Waals surface area contributed by atoms with Gasteiger partial charge in [0.2, 0.25) is 0 Å². The molecule has 2 aromatic carbocycles. The summed E-state index contributed by atoms with van der Waals surface area (Å²) >= 11 is 1.28. The van der Waals surface area contributed by atoms with Crippen LogP contribution in [-0.2, 0) is 30.6 Å². The van der Waals surface area contributed by atoms with Crippen molar-refractivity contribution in [1.29, 1.82) is 0 Å². The topological polar surface area (TPSA) is 117 Å². The minimum atomic E-state index is -3.18. The minimum Gasteiger partial charge on any atom is -0.480 e. The van der Waals surface area contributed by atoms with Crippen molar-refractivity contribution < 1.29 is 27.9 Å². The molecule has 11 heteroatoms. The van der Waals surface area contributed by atoms with Crippen LogP contribution in [0.2, 0.25) is 0 Å². The Morgan fingerprint density at radius 3 is 2.34 bits per heavy atom. The number of amides is 1. The van der Waals surface area contributed by atoms with E-state index >= 15 is 0 Å². The van der Waals surface area contributed by atoms with Gasteiger partial charge >= 0.3 is 5.97 Å². The van der Waals surface area contributed by atoms with Gasteiger partial charge in [0.15, 0.2) is 15.0 Å². The Morgan fingerprint density at radius 2 is 1.66 bits per heavy atom. The van der Waals surface area contributed by atoms with Crippen LogP contribution in [0.1, 0.15) is 18.4 Å². The summed E-state index contributed by atoms with van der Waals surface area (Å²) in [5.74, 6) is -1.05. The standard InChI is InChI=1S/C27H31N3O6S2/c31-25(15-36-16-26(32)33)28-27-30(23-17-38(34,35)18-24(23)37-27)22-8-6-21(7-9-22)29-12-10-20(11-13-29)14-19-4-2-1-3-5-19/h1-9,20,23-24H,10-18H2,(H,32,33)/t23-,24+/m1/s1. The monoisotopic (exact) mass is 557 g/mol. The van der Waals surface area contributed by atoms with Crippen LogP contribution in [-0.4, -0.2) is 79.7 Å². The van der Waals surface area contributed by atoms with Crippen molar-refractivity contribution in [2.45, 2.75) is 30.6 Å². The Labute approximate surface area is 226 Å². The highest BCUT2D eigenvalue weighted by Crippen LogP contribution is 2.41. The van der Waals surface area contributed by atoms with Gasteiger partial charge < -0.3 is 19.6 Å². The first-order valence-corrected chi connectivity index (χ1v) is 15.4. The number of amidine groups is 1. The van der Waals surface area contributed by atoms with Crippen LogP contribution in [0.25, 0.3) is 0 Å². The SMILES string of the molecule is O=C(O)COCC(=O)N=C1S[C@H]2CS(=O)(=O)C[C@H]2N1c1ccc(N2CCC(Cc3ccccc3)CC2)cc1. The molecule has 3 heterocycles. The molecule has 0 radical (unpaired) electrons. The molecule has 0 aromatic heterocycles. The van der Waals surface area contributed by atoms with Crippen LogP contribution in [0.4, 0.5) is 11.4 Å². The Balaban J connectivity index is 1.26. The van der Waals surface area contributed by atoms with Crippen LogP contribution in [0, 0.1) is 5.92 Å². The largest absolute Gasteiger partial charge is 0.480 e. The fourth-order valence-corrected chi connectivity index (χ4v) is 9.33. The van der Waals surface area contributed by atoms with Gasteiger partial charge in [0.1, 0.15) is 13.2 Å². The quantitative estimate of drug-likeness (QED) is 0.523. The molecular formula is C27H31N3O6S2. The number of aliphatic imine (C=N–C) groups is 1. The number of hydrogen-bond donors (Lipinski definition) is 1. The molecule has 9 nitrogen and oxygen atoms in total. The zero-order valence-corrected chi connectivity index (χ0v) is 22.6. The van der Waals surface area contributed by atoms with Gasteiger partial charge in [-0.05, 0) is 55.0 Å². The van der Waals surface area contributed by atoms with Crippen molar-refractivity contribution in [3.63, 3.8) is 0 Å². The number of piperidine rings is 1. The predicted molar refractivity (Wildman–Crippen MR) is 149 cm³/mol. The highest BCUT2D eigenvalue weighted by atomic mass is 32.2. The van der Waals surface area contributed by atoms with E-state index < -0.39 is 34.9 Å². The number of sulfone groups is 1. The molecule has 1 amide bonds. The lowest BCUT2D eigenvalue weighted by molar-refractivity contribution is -0.143. The summed E-state index contributed by atoms with van der Waals surface area (Å²) < 4.78 is 29.5. The normalized spacial score (nSPS) is 24.1. The maximum absolute atomic E-state index is 12.3. The lowest BCUT2D eigenvalue weighted by atomic mass is 9.90. The maximum Gasteiger partial charge on any atom is 0.329 e. The number of aliphatic carboxylic acids is 1. The third-order valence-electron chi connectivity index (χ3n) is 7.21. The molecule has 5 rings (SSSR count). The minimum absolute atomic E-state index is 0.00404. The average Bonchev–Trinajstić information content (AvgIpc) is 3.35. The van der Waals surface area contributed by atoms with Gasteiger partial charge in [-0.25, -0.2) is 13.2 Å². The van der Waals surface area contributed by atoms with Crippen molar-refractivity contribution in [2.24, 2.45) is 10.9 Å². The van der Waals surface area contributed by atoms with Crippen LogP contribution in [0.15, 0.2) is 59.6 Å². The van der Waals surface area contributed by atoms with Gasteiger partial charge in [-0.2, -0.15) is 4.99 Å². The van der Waals surface area contributed by atoms with E-state index in [9.17, 15) is 18.0 Å². The Morgan fingerprint density at radius 1 is 0.974 bits per heavy atom. The molecule has 3 aliphatic heterocycles. The van der Waals surface area contributed by atoms with Crippen molar-refractivity contribution in [2.75, 3.05) is 47.6 Å². The first kappa shape index (κ1) is 26.7. The number of thioether (sulfide) groups is 1.